The minimum atomic E-state index is -0.454. The van der Waals surface area contributed by atoms with E-state index >= 15 is 0 Å². The lowest BCUT2D eigenvalue weighted by atomic mass is 10.1. The molecular formula is C18H16ClFN4O. The molecule has 0 bridgehead atoms. The van der Waals surface area contributed by atoms with Crippen LogP contribution >= 0.6 is 11.6 Å². The molecule has 1 amide bonds. The van der Waals surface area contributed by atoms with Gasteiger partial charge in [0.2, 0.25) is 5.91 Å². The van der Waals surface area contributed by atoms with Crippen molar-refractivity contribution in [1.82, 2.24) is 19.5 Å². The molecule has 1 aliphatic rings. The molecule has 3 aromatic rings. The van der Waals surface area contributed by atoms with E-state index < -0.39 is 5.82 Å². The number of aromatic nitrogens is 3. The van der Waals surface area contributed by atoms with E-state index in [-0.39, 0.29) is 29.0 Å². The Morgan fingerprint density at radius 2 is 2.12 bits per heavy atom. The van der Waals surface area contributed by atoms with Crippen molar-refractivity contribution in [3.05, 3.63) is 64.8 Å². The molecule has 1 atom stereocenters. The number of pyridine rings is 1. The number of hydrogen-bond donors (Lipinski definition) is 0. The van der Waals surface area contributed by atoms with Gasteiger partial charge in [0.25, 0.3) is 0 Å². The molecule has 0 saturated carbocycles. The van der Waals surface area contributed by atoms with Gasteiger partial charge in [0.05, 0.1) is 12.5 Å². The van der Waals surface area contributed by atoms with Crippen LogP contribution in [-0.4, -0.2) is 31.9 Å². The summed E-state index contributed by atoms with van der Waals surface area (Å²) in [5, 5.41) is 8.71. The van der Waals surface area contributed by atoms with Crippen LogP contribution in [0.3, 0.4) is 0 Å². The van der Waals surface area contributed by atoms with Crippen LogP contribution in [0.15, 0.2) is 42.6 Å². The zero-order valence-electron chi connectivity index (χ0n) is 13.4. The smallest absolute Gasteiger partial charge is 0.227 e. The maximum Gasteiger partial charge on any atom is 0.227 e. The number of nitrogens with zero attached hydrogens (tertiary/aromatic N) is 4. The van der Waals surface area contributed by atoms with Crippen molar-refractivity contribution < 1.29 is 9.18 Å². The number of hydrogen-bond acceptors (Lipinski definition) is 3. The minimum Gasteiger partial charge on any atom is -0.332 e. The quantitative estimate of drug-likeness (QED) is 0.720. The first-order chi connectivity index (χ1) is 12.1. The van der Waals surface area contributed by atoms with Gasteiger partial charge < -0.3 is 4.90 Å². The molecule has 0 radical (unpaired) electrons. The van der Waals surface area contributed by atoms with Gasteiger partial charge in [-0.15, -0.1) is 10.2 Å². The van der Waals surface area contributed by atoms with Gasteiger partial charge in [0, 0.05) is 23.3 Å². The first-order valence-corrected chi connectivity index (χ1v) is 8.55. The number of carbonyl (C=O) groups excluding carboxylic acids is 1. The lowest BCUT2D eigenvalue weighted by Gasteiger charge is -2.24. The second-order valence-electron chi connectivity index (χ2n) is 6.11. The van der Waals surface area contributed by atoms with Crippen molar-refractivity contribution in [3.63, 3.8) is 0 Å². The molecule has 25 heavy (non-hydrogen) atoms. The summed E-state index contributed by atoms with van der Waals surface area (Å²) in [5.74, 6) is 0.132. The first kappa shape index (κ1) is 16.0. The summed E-state index contributed by atoms with van der Waals surface area (Å²) in [6.07, 6.45) is 3.52. The van der Waals surface area contributed by atoms with Crippen LogP contribution in [0.2, 0.25) is 5.02 Å². The molecule has 7 heteroatoms. The Hall–Kier alpha value is -2.47. The van der Waals surface area contributed by atoms with Crippen molar-refractivity contribution in [3.8, 4) is 0 Å². The summed E-state index contributed by atoms with van der Waals surface area (Å²) in [4.78, 5) is 14.6. The topological polar surface area (TPSA) is 50.5 Å². The standard InChI is InChI=1S/C18H16ClFN4O/c19-13-5-3-6-14(20)12(13)11-17(25)23-10-4-7-15(23)18-22-21-16-8-1-2-9-24(16)18/h1-3,5-6,8-9,15H,4,7,10-11H2. The zero-order valence-corrected chi connectivity index (χ0v) is 14.2. The molecular weight excluding hydrogens is 343 g/mol. The Labute approximate surface area is 149 Å². The van der Waals surface area contributed by atoms with E-state index in [9.17, 15) is 9.18 Å². The van der Waals surface area contributed by atoms with Gasteiger partial charge in [-0.05, 0) is 37.1 Å². The predicted octanol–water partition coefficient (Wildman–Crippen LogP) is 3.43. The SMILES string of the molecule is O=C(Cc1c(F)cccc1Cl)N1CCCC1c1nnc2ccccn12. The molecule has 0 spiro atoms. The van der Waals surface area contributed by atoms with E-state index in [2.05, 4.69) is 10.2 Å². The second-order valence-corrected chi connectivity index (χ2v) is 6.52. The summed E-state index contributed by atoms with van der Waals surface area (Å²) >= 11 is 6.06. The summed E-state index contributed by atoms with van der Waals surface area (Å²) < 4.78 is 15.9. The van der Waals surface area contributed by atoms with Crippen LogP contribution in [0.4, 0.5) is 4.39 Å². The minimum absolute atomic E-state index is 0.0568. The molecule has 2 aromatic heterocycles. The Morgan fingerprint density at radius 1 is 1.24 bits per heavy atom. The van der Waals surface area contributed by atoms with E-state index in [1.54, 1.807) is 11.0 Å². The van der Waals surface area contributed by atoms with Crippen molar-refractivity contribution in [2.45, 2.75) is 25.3 Å². The third-order valence-electron chi connectivity index (χ3n) is 4.60. The summed E-state index contributed by atoms with van der Waals surface area (Å²) in [6.45, 7) is 0.622. The van der Waals surface area contributed by atoms with E-state index in [1.165, 1.54) is 12.1 Å². The highest BCUT2D eigenvalue weighted by Crippen LogP contribution is 2.32. The summed E-state index contributed by atoms with van der Waals surface area (Å²) in [6, 6.07) is 9.97. The van der Waals surface area contributed by atoms with Crippen LogP contribution in [0.5, 0.6) is 0 Å². The molecule has 1 aliphatic heterocycles. The highest BCUT2D eigenvalue weighted by molar-refractivity contribution is 6.31. The summed E-state index contributed by atoms with van der Waals surface area (Å²) in [5.41, 5.74) is 0.986. The van der Waals surface area contributed by atoms with Crippen LogP contribution in [0, 0.1) is 5.82 Å². The molecule has 1 unspecified atom stereocenters. The number of halogens is 2. The molecule has 4 rings (SSSR count). The molecule has 0 N–H and O–H groups in total. The highest BCUT2D eigenvalue weighted by Gasteiger charge is 2.33. The fraction of sp³-hybridized carbons (Fsp3) is 0.278. The second kappa shape index (κ2) is 6.44. The number of rotatable bonds is 3. The first-order valence-electron chi connectivity index (χ1n) is 8.17. The van der Waals surface area contributed by atoms with Crippen LogP contribution in [0.1, 0.15) is 30.3 Å². The van der Waals surface area contributed by atoms with Crippen molar-refractivity contribution >= 4 is 23.2 Å². The highest BCUT2D eigenvalue weighted by atomic mass is 35.5. The van der Waals surface area contributed by atoms with Gasteiger partial charge in [-0.2, -0.15) is 0 Å². The van der Waals surface area contributed by atoms with E-state index in [0.717, 1.165) is 24.3 Å². The molecule has 1 fully saturated rings. The third kappa shape index (κ3) is 2.87. The average molecular weight is 359 g/mol. The lowest BCUT2D eigenvalue weighted by Crippen LogP contribution is -2.33. The fourth-order valence-corrected chi connectivity index (χ4v) is 3.60. The van der Waals surface area contributed by atoms with E-state index in [1.807, 2.05) is 28.8 Å². The number of benzene rings is 1. The fourth-order valence-electron chi connectivity index (χ4n) is 3.37. The number of amides is 1. The van der Waals surface area contributed by atoms with Gasteiger partial charge in [0.1, 0.15) is 5.82 Å². The van der Waals surface area contributed by atoms with Gasteiger partial charge in [0.15, 0.2) is 11.5 Å². The van der Waals surface area contributed by atoms with Crippen LogP contribution < -0.4 is 0 Å². The molecule has 5 nitrogen and oxygen atoms in total. The zero-order chi connectivity index (χ0) is 17.4. The Balaban J connectivity index is 1.62. The van der Waals surface area contributed by atoms with E-state index in [4.69, 9.17) is 11.6 Å². The number of fused-ring (bicyclic) bond motifs is 1. The van der Waals surface area contributed by atoms with Crippen molar-refractivity contribution in [2.75, 3.05) is 6.54 Å². The summed E-state index contributed by atoms with van der Waals surface area (Å²) in [7, 11) is 0. The number of carbonyl (C=O) groups is 1. The van der Waals surface area contributed by atoms with Gasteiger partial charge in [-0.1, -0.05) is 23.7 Å². The Bertz CT molecular complexity index is 921. The average Bonchev–Trinajstić information content (AvgIpc) is 3.24. The van der Waals surface area contributed by atoms with Gasteiger partial charge >= 0.3 is 0 Å². The largest absolute Gasteiger partial charge is 0.332 e. The molecule has 128 valence electrons. The van der Waals surface area contributed by atoms with Crippen molar-refractivity contribution in [1.29, 1.82) is 0 Å². The Morgan fingerprint density at radius 3 is 2.96 bits per heavy atom. The van der Waals surface area contributed by atoms with Crippen LogP contribution in [0.25, 0.3) is 5.65 Å². The molecule has 1 aromatic carbocycles. The maximum atomic E-state index is 14.0. The Kier molecular flexibility index (Phi) is 4.13. The maximum absolute atomic E-state index is 14.0. The number of likely N-dealkylation sites (tertiary alicyclic amines) is 1. The predicted molar refractivity (Wildman–Crippen MR) is 91.8 cm³/mol. The van der Waals surface area contributed by atoms with Crippen LogP contribution in [-0.2, 0) is 11.2 Å². The molecule has 3 heterocycles. The molecule has 1 saturated heterocycles. The molecule has 0 aliphatic carbocycles. The van der Waals surface area contributed by atoms with E-state index in [0.29, 0.717) is 6.54 Å². The lowest BCUT2D eigenvalue weighted by molar-refractivity contribution is -0.131. The normalized spacial score (nSPS) is 17.4. The van der Waals surface area contributed by atoms with Gasteiger partial charge in [-0.25, -0.2) is 4.39 Å². The monoisotopic (exact) mass is 358 g/mol. The van der Waals surface area contributed by atoms with Crippen molar-refractivity contribution in [2.24, 2.45) is 0 Å². The van der Waals surface area contributed by atoms with Gasteiger partial charge in [-0.3, -0.25) is 9.20 Å². The third-order valence-corrected chi connectivity index (χ3v) is 4.96.